The Morgan fingerprint density at radius 2 is 1.62 bits per heavy atom. The number of aromatic hydroxyl groups is 1. The summed E-state index contributed by atoms with van der Waals surface area (Å²) in [6.45, 7) is 15.4. The molecule has 0 aliphatic carbocycles. The Labute approximate surface area is 161 Å². The van der Waals surface area contributed by atoms with E-state index in [0.717, 1.165) is 53.5 Å². The third-order valence-electron chi connectivity index (χ3n) is 6.47. The van der Waals surface area contributed by atoms with Crippen LogP contribution in [0.15, 0.2) is 0 Å². The third kappa shape index (κ3) is 4.96. The fraction of sp³-hybridized carbons (Fsp3) is 0.750. The number of phenolic OH excluding ortho intramolecular Hbond substituents is 1. The minimum atomic E-state index is -0.0642. The van der Waals surface area contributed by atoms with Gasteiger partial charge in [0.2, 0.25) is 0 Å². The van der Waals surface area contributed by atoms with Crippen LogP contribution in [0.5, 0.6) is 11.5 Å². The standard InChI is InChI=1S/C24H40O2/c1-16(2)10-8-11-17(3)12-9-14-24(7)15-13-21-20(6)22(25)18(4)19(5)23(21)26-24/h16-17,25H,8-15H2,1-7H3/t17-,24+/m0/s1. The van der Waals surface area contributed by atoms with E-state index in [2.05, 4.69) is 34.6 Å². The van der Waals surface area contributed by atoms with Crippen molar-refractivity contribution in [2.75, 3.05) is 0 Å². The van der Waals surface area contributed by atoms with E-state index < -0.39 is 0 Å². The van der Waals surface area contributed by atoms with E-state index in [-0.39, 0.29) is 5.60 Å². The van der Waals surface area contributed by atoms with Gasteiger partial charge in [0.1, 0.15) is 17.1 Å². The zero-order chi connectivity index (χ0) is 19.5. The molecule has 0 fully saturated rings. The molecule has 1 heterocycles. The van der Waals surface area contributed by atoms with Crippen molar-refractivity contribution in [1.29, 1.82) is 0 Å². The number of benzene rings is 1. The van der Waals surface area contributed by atoms with Gasteiger partial charge in [0.15, 0.2) is 0 Å². The van der Waals surface area contributed by atoms with Gasteiger partial charge in [0.25, 0.3) is 0 Å². The minimum absolute atomic E-state index is 0.0642. The lowest BCUT2D eigenvalue weighted by Crippen LogP contribution is -2.37. The zero-order valence-electron chi connectivity index (χ0n) is 18.2. The SMILES string of the molecule is Cc1c(C)c2c(c(C)c1O)CC[C@@](C)(CCC[C@@H](C)CCCC(C)C)O2. The zero-order valence-corrected chi connectivity index (χ0v) is 18.2. The normalized spacial score (nSPS) is 20.8. The minimum Gasteiger partial charge on any atom is -0.507 e. The topological polar surface area (TPSA) is 29.5 Å². The predicted octanol–water partition coefficient (Wildman–Crippen LogP) is 7.03. The molecule has 1 aliphatic heterocycles. The quantitative estimate of drug-likeness (QED) is 0.539. The smallest absolute Gasteiger partial charge is 0.127 e. The van der Waals surface area contributed by atoms with E-state index >= 15 is 0 Å². The average Bonchev–Trinajstić information content (AvgIpc) is 2.57. The molecule has 1 N–H and O–H groups in total. The Morgan fingerprint density at radius 3 is 2.27 bits per heavy atom. The van der Waals surface area contributed by atoms with Crippen LogP contribution in [0.4, 0.5) is 0 Å². The van der Waals surface area contributed by atoms with Crippen molar-refractivity contribution in [2.24, 2.45) is 11.8 Å². The van der Waals surface area contributed by atoms with Crippen LogP contribution in [-0.4, -0.2) is 10.7 Å². The molecule has 26 heavy (non-hydrogen) atoms. The lowest BCUT2D eigenvalue weighted by atomic mass is 9.84. The Hall–Kier alpha value is -1.18. The summed E-state index contributed by atoms with van der Waals surface area (Å²) in [4.78, 5) is 0. The van der Waals surface area contributed by atoms with E-state index in [9.17, 15) is 5.11 Å². The number of hydrogen-bond donors (Lipinski definition) is 1. The van der Waals surface area contributed by atoms with Crippen LogP contribution in [0.25, 0.3) is 0 Å². The van der Waals surface area contributed by atoms with Gasteiger partial charge in [-0.3, -0.25) is 0 Å². The summed E-state index contributed by atoms with van der Waals surface area (Å²) in [5, 5.41) is 10.3. The van der Waals surface area contributed by atoms with E-state index in [1.165, 1.54) is 37.7 Å². The van der Waals surface area contributed by atoms with E-state index in [1.54, 1.807) is 0 Å². The first-order valence-electron chi connectivity index (χ1n) is 10.6. The van der Waals surface area contributed by atoms with Crippen LogP contribution in [0, 0.1) is 32.6 Å². The van der Waals surface area contributed by atoms with Crippen LogP contribution in [0.2, 0.25) is 0 Å². The molecule has 2 atom stereocenters. The number of hydrogen-bond acceptors (Lipinski definition) is 2. The highest BCUT2D eigenvalue weighted by Gasteiger charge is 2.34. The highest BCUT2D eigenvalue weighted by atomic mass is 16.5. The molecule has 0 saturated carbocycles. The second kappa shape index (κ2) is 8.67. The van der Waals surface area contributed by atoms with Crippen molar-refractivity contribution in [2.45, 2.75) is 105 Å². The first-order chi connectivity index (χ1) is 12.1. The summed E-state index contributed by atoms with van der Waals surface area (Å²) >= 11 is 0. The summed E-state index contributed by atoms with van der Waals surface area (Å²) < 4.78 is 6.55. The van der Waals surface area contributed by atoms with Gasteiger partial charge in [-0.2, -0.15) is 0 Å². The molecule has 2 nitrogen and oxygen atoms in total. The maximum Gasteiger partial charge on any atom is 0.127 e. The van der Waals surface area contributed by atoms with Crippen LogP contribution in [0.3, 0.4) is 0 Å². The van der Waals surface area contributed by atoms with Crippen molar-refractivity contribution in [3.05, 3.63) is 22.3 Å². The molecular weight excluding hydrogens is 320 g/mol. The number of fused-ring (bicyclic) bond motifs is 1. The number of phenols is 1. The molecule has 0 unspecified atom stereocenters. The first-order valence-corrected chi connectivity index (χ1v) is 10.6. The summed E-state index contributed by atoms with van der Waals surface area (Å²) in [7, 11) is 0. The summed E-state index contributed by atoms with van der Waals surface area (Å²) in [5.41, 5.74) is 4.22. The van der Waals surface area contributed by atoms with Gasteiger partial charge in [-0.25, -0.2) is 0 Å². The molecular formula is C24H40O2. The molecule has 0 amide bonds. The Bertz CT molecular complexity index is 617. The van der Waals surface area contributed by atoms with Crippen LogP contribution >= 0.6 is 0 Å². The maximum absolute atomic E-state index is 10.3. The van der Waals surface area contributed by atoms with Gasteiger partial charge in [-0.15, -0.1) is 0 Å². The molecule has 0 saturated heterocycles. The summed E-state index contributed by atoms with van der Waals surface area (Å²) in [6.07, 6.45) is 9.80. The number of ether oxygens (including phenoxy) is 1. The van der Waals surface area contributed by atoms with Gasteiger partial charge in [0, 0.05) is 5.56 Å². The molecule has 0 spiro atoms. The van der Waals surface area contributed by atoms with E-state index in [4.69, 9.17) is 4.74 Å². The first kappa shape index (κ1) is 21.1. The molecule has 148 valence electrons. The van der Waals surface area contributed by atoms with Crippen LogP contribution < -0.4 is 4.74 Å². The summed E-state index contributed by atoms with van der Waals surface area (Å²) in [5.74, 6) is 3.13. The Balaban J connectivity index is 1.93. The van der Waals surface area contributed by atoms with Gasteiger partial charge in [0.05, 0.1) is 0 Å². The summed E-state index contributed by atoms with van der Waals surface area (Å²) in [6, 6.07) is 0. The second-order valence-corrected chi connectivity index (χ2v) is 9.41. The largest absolute Gasteiger partial charge is 0.507 e. The van der Waals surface area contributed by atoms with Gasteiger partial charge < -0.3 is 9.84 Å². The molecule has 2 heteroatoms. The molecule has 1 aliphatic rings. The Kier molecular flexibility index (Phi) is 7.05. The van der Waals surface area contributed by atoms with Gasteiger partial charge in [-0.1, -0.05) is 46.5 Å². The van der Waals surface area contributed by atoms with E-state index in [0.29, 0.717) is 5.75 Å². The van der Waals surface area contributed by atoms with Crippen molar-refractivity contribution in [1.82, 2.24) is 0 Å². The monoisotopic (exact) mass is 360 g/mol. The lowest BCUT2D eigenvalue weighted by molar-refractivity contribution is 0.0512. The van der Waals surface area contributed by atoms with Gasteiger partial charge >= 0.3 is 0 Å². The highest BCUT2D eigenvalue weighted by molar-refractivity contribution is 5.58. The van der Waals surface area contributed by atoms with Crippen molar-refractivity contribution in [3.8, 4) is 11.5 Å². The van der Waals surface area contributed by atoms with E-state index in [1.807, 2.05) is 13.8 Å². The molecule has 0 aromatic heterocycles. The molecule has 1 aromatic rings. The number of rotatable bonds is 8. The Morgan fingerprint density at radius 1 is 0.962 bits per heavy atom. The van der Waals surface area contributed by atoms with Crippen molar-refractivity contribution < 1.29 is 9.84 Å². The molecule has 0 radical (unpaired) electrons. The van der Waals surface area contributed by atoms with Crippen LogP contribution in [0.1, 0.15) is 94.9 Å². The molecule has 1 aromatic carbocycles. The molecule has 0 bridgehead atoms. The second-order valence-electron chi connectivity index (χ2n) is 9.41. The average molecular weight is 361 g/mol. The predicted molar refractivity (Wildman–Crippen MR) is 111 cm³/mol. The van der Waals surface area contributed by atoms with Gasteiger partial charge in [-0.05, 0) is 81.9 Å². The fourth-order valence-electron chi connectivity index (χ4n) is 4.31. The fourth-order valence-corrected chi connectivity index (χ4v) is 4.31. The third-order valence-corrected chi connectivity index (χ3v) is 6.47. The lowest BCUT2D eigenvalue weighted by Gasteiger charge is -2.38. The van der Waals surface area contributed by atoms with Crippen LogP contribution in [-0.2, 0) is 6.42 Å². The maximum atomic E-state index is 10.3. The molecule has 2 rings (SSSR count). The van der Waals surface area contributed by atoms with Crippen molar-refractivity contribution >= 4 is 0 Å². The van der Waals surface area contributed by atoms with Crippen molar-refractivity contribution in [3.63, 3.8) is 0 Å². The highest BCUT2D eigenvalue weighted by Crippen LogP contribution is 2.44.